The number of imidazole rings is 1. The van der Waals surface area contributed by atoms with Crippen LogP contribution in [-0.4, -0.2) is 66.1 Å². The molecule has 0 spiro atoms. The SMILES string of the molecule is COCCN1C[C@H](CN(C)Cc2nc3cc(C)c(C)cc3[nH]2)CC1=O. The van der Waals surface area contributed by atoms with E-state index < -0.39 is 0 Å². The van der Waals surface area contributed by atoms with E-state index in [-0.39, 0.29) is 5.91 Å². The Labute approximate surface area is 149 Å². The predicted octanol–water partition coefficient (Wildman–Crippen LogP) is 2.11. The first-order chi connectivity index (χ1) is 12.0. The molecule has 0 bridgehead atoms. The lowest BCUT2D eigenvalue weighted by molar-refractivity contribution is -0.128. The van der Waals surface area contributed by atoms with Crippen molar-refractivity contribution < 1.29 is 9.53 Å². The van der Waals surface area contributed by atoms with Gasteiger partial charge in [0.15, 0.2) is 0 Å². The maximum Gasteiger partial charge on any atom is 0.223 e. The monoisotopic (exact) mass is 344 g/mol. The van der Waals surface area contributed by atoms with Gasteiger partial charge in [0, 0.05) is 33.2 Å². The summed E-state index contributed by atoms with van der Waals surface area (Å²) < 4.78 is 5.08. The number of methoxy groups -OCH3 is 1. The summed E-state index contributed by atoms with van der Waals surface area (Å²) in [6, 6.07) is 4.29. The molecule has 2 aromatic rings. The molecule has 3 rings (SSSR count). The van der Waals surface area contributed by atoms with E-state index >= 15 is 0 Å². The molecule has 0 aliphatic carbocycles. The van der Waals surface area contributed by atoms with E-state index in [1.165, 1.54) is 11.1 Å². The molecule has 1 aliphatic heterocycles. The summed E-state index contributed by atoms with van der Waals surface area (Å²) in [7, 11) is 3.76. The number of rotatable bonds is 7. The van der Waals surface area contributed by atoms with Crippen molar-refractivity contribution in [1.29, 1.82) is 0 Å². The fourth-order valence-corrected chi connectivity index (χ4v) is 3.55. The average Bonchev–Trinajstić information content (AvgIpc) is 3.08. The average molecular weight is 344 g/mol. The number of benzene rings is 1. The number of aryl methyl sites for hydroxylation is 2. The second-order valence-electron chi connectivity index (χ2n) is 7.24. The standard InChI is InChI=1S/C19H28N4O2/c1-13-7-16-17(8-14(13)2)21-18(20-16)12-22(3)10-15-9-19(24)23(11-15)5-6-25-4/h7-8,15H,5-6,9-12H2,1-4H3,(H,20,21)/t15-/m0/s1. The molecule has 0 unspecified atom stereocenters. The molecular weight excluding hydrogens is 316 g/mol. The zero-order chi connectivity index (χ0) is 18.0. The van der Waals surface area contributed by atoms with Crippen molar-refractivity contribution in [3.63, 3.8) is 0 Å². The predicted molar refractivity (Wildman–Crippen MR) is 98.5 cm³/mol. The van der Waals surface area contributed by atoms with Crippen LogP contribution in [0.15, 0.2) is 12.1 Å². The van der Waals surface area contributed by atoms with E-state index in [1.807, 2.05) is 4.90 Å². The second-order valence-corrected chi connectivity index (χ2v) is 7.24. The molecule has 136 valence electrons. The molecule has 1 fully saturated rings. The van der Waals surface area contributed by atoms with Crippen molar-refractivity contribution in [2.24, 2.45) is 5.92 Å². The van der Waals surface area contributed by atoms with E-state index in [0.717, 1.165) is 36.5 Å². The van der Waals surface area contributed by atoms with E-state index in [2.05, 4.69) is 42.9 Å². The molecule has 25 heavy (non-hydrogen) atoms. The summed E-state index contributed by atoms with van der Waals surface area (Å²) in [4.78, 5) is 24.3. The minimum absolute atomic E-state index is 0.241. The van der Waals surface area contributed by atoms with Crippen LogP contribution in [0, 0.1) is 19.8 Å². The highest BCUT2D eigenvalue weighted by molar-refractivity contribution is 5.78. The van der Waals surface area contributed by atoms with Crippen molar-refractivity contribution in [2.75, 3.05) is 40.4 Å². The molecule has 1 saturated heterocycles. The van der Waals surface area contributed by atoms with Crippen LogP contribution in [0.3, 0.4) is 0 Å². The Morgan fingerprint density at radius 1 is 1.36 bits per heavy atom. The summed E-state index contributed by atoms with van der Waals surface area (Å²) in [5, 5.41) is 0. The maximum atomic E-state index is 12.0. The molecule has 1 aromatic heterocycles. The summed E-state index contributed by atoms with van der Waals surface area (Å²) in [5.74, 6) is 1.59. The second kappa shape index (κ2) is 7.54. The number of nitrogens with one attached hydrogen (secondary N) is 1. The molecule has 0 saturated carbocycles. The molecule has 1 aromatic carbocycles. The third-order valence-corrected chi connectivity index (χ3v) is 5.00. The quantitative estimate of drug-likeness (QED) is 0.836. The number of likely N-dealkylation sites (tertiary alicyclic amines) is 1. The number of H-pyrrole nitrogens is 1. The Bertz CT molecular complexity index is 716. The van der Waals surface area contributed by atoms with Gasteiger partial charge in [-0.15, -0.1) is 0 Å². The van der Waals surface area contributed by atoms with Gasteiger partial charge in [0.25, 0.3) is 0 Å². The molecule has 1 N–H and O–H groups in total. The first kappa shape index (κ1) is 17.9. The Morgan fingerprint density at radius 3 is 2.88 bits per heavy atom. The molecule has 0 radical (unpaired) electrons. The minimum atomic E-state index is 0.241. The number of carbonyl (C=O) groups is 1. The first-order valence-electron chi connectivity index (χ1n) is 8.87. The van der Waals surface area contributed by atoms with Gasteiger partial charge >= 0.3 is 0 Å². The third-order valence-electron chi connectivity index (χ3n) is 5.00. The van der Waals surface area contributed by atoms with E-state index in [1.54, 1.807) is 7.11 Å². The summed E-state index contributed by atoms with van der Waals surface area (Å²) >= 11 is 0. The first-order valence-corrected chi connectivity index (χ1v) is 8.87. The van der Waals surface area contributed by atoms with Gasteiger partial charge in [-0.2, -0.15) is 0 Å². The van der Waals surface area contributed by atoms with Gasteiger partial charge in [-0.3, -0.25) is 9.69 Å². The van der Waals surface area contributed by atoms with E-state index in [0.29, 0.717) is 25.5 Å². The zero-order valence-corrected chi connectivity index (χ0v) is 15.6. The zero-order valence-electron chi connectivity index (χ0n) is 15.6. The van der Waals surface area contributed by atoms with Gasteiger partial charge in [-0.05, 0) is 50.1 Å². The molecule has 6 nitrogen and oxygen atoms in total. The fraction of sp³-hybridized carbons (Fsp3) is 0.579. The van der Waals surface area contributed by atoms with Gasteiger partial charge in [-0.1, -0.05) is 0 Å². The topological polar surface area (TPSA) is 61.5 Å². The number of nitrogens with zero attached hydrogens (tertiary/aromatic N) is 3. The normalized spacial score (nSPS) is 18.0. The lowest BCUT2D eigenvalue weighted by Gasteiger charge is -2.20. The summed E-state index contributed by atoms with van der Waals surface area (Å²) in [5.41, 5.74) is 4.65. The summed E-state index contributed by atoms with van der Waals surface area (Å²) in [6.45, 7) is 8.00. The Hall–Kier alpha value is -1.92. The van der Waals surface area contributed by atoms with Gasteiger partial charge in [-0.25, -0.2) is 4.98 Å². The molecular formula is C19H28N4O2. The highest BCUT2D eigenvalue weighted by Crippen LogP contribution is 2.20. The third kappa shape index (κ3) is 4.19. The molecule has 1 amide bonds. The van der Waals surface area contributed by atoms with Crippen molar-refractivity contribution in [3.05, 3.63) is 29.1 Å². The number of aromatic nitrogens is 2. The van der Waals surface area contributed by atoms with E-state index in [4.69, 9.17) is 9.72 Å². The Balaban J connectivity index is 1.58. The van der Waals surface area contributed by atoms with Crippen LogP contribution in [0.4, 0.5) is 0 Å². The number of fused-ring (bicyclic) bond motifs is 1. The number of aromatic amines is 1. The number of hydrogen-bond acceptors (Lipinski definition) is 4. The highest BCUT2D eigenvalue weighted by atomic mass is 16.5. The van der Waals surface area contributed by atoms with E-state index in [9.17, 15) is 4.79 Å². The van der Waals surface area contributed by atoms with Crippen molar-refractivity contribution in [2.45, 2.75) is 26.8 Å². The van der Waals surface area contributed by atoms with Gasteiger partial charge in [0.2, 0.25) is 5.91 Å². The highest BCUT2D eigenvalue weighted by Gasteiger charge is 2.29. The van der Waals surface area contributed by atoms with Gasteiger partial charge in [0.1, 0.15) is 5.82 Å². The number of hydrogen-bond donors (Lipinski definition) is 1. The van der Waals surface area contributed by atoms with Crippen LogP contribution in [0.25, 0.3) is 11.0 Å². The van der Waals surface area contributed by atoms with Crippen LogP contribution in [0.5, 0.6) is 0 Å². The lowest BCUT2D eigenvalue weighted by Crippen LogP contribution is -2.31. The van der Waals surface area contributed by atoms with Crippen LogP contribution < -0.4 is 0 Å². The number of carbonyl (C=O) groups excluding carboxylic acids is 1. The number of amides is 1. The smallest absolute Gasteiger partial charge is 0.223 e. The van der Waals surface area contributed by atoms with Crippen LogP contribution >= 0.6 is 0 Å². The Kier molecular flexibility index (Phi) is 5.39. The van der Waals surface area contributed by atoms with Crippen LogP contribution in [-0.2, 0) is 16.1 Å². The lowest BCUT2D eigenvalue weighted by atomic mass is 10.1. The number of ether oxygens (including phenoxy) is 1. The molecule has 2 heterocycles. The fourth-order valence-electron chi connectivity index (χ4n) is 3.55. The Morgan fingerprint density at radius 2 is 2.12 bits per heavy atom. The summed E-state index contributed by atoms with van der Waals surface area (Å²) in [6.07, 6.45) is 0.632. The van der Waals surface area contributed by atoms with Crippen LogP contribution in [0.2, 0.25) is 0 Å². The molecule has 1 atom stereocenters. The largest absolute Gasteiger partial charge is 0.383 e. The van der Waals surface area contributed by atoms with Gasteiger partial charge < -0.3 is 14.6 Å². The molecule has 1 aliphatic rings. The molecule has 6 heteroatoms. The van der Waals surface area contributed by atoms with Gasteiger partial charge in [0.05, 0.1) is 24.2 Å². The maximum absolute atomic E-state index is 12.0. The van der Waals surface area contributed by atoms with Crippen molar-refractivity contribution in [1.82, 2.24) is 19.8 Å². The van der Waals surface area contributed by atoms with Crippen molar-refractivity contribution >= 4 is 16.9 Å². The van der Waals surface area contributed by atoms with Crippen LogP contribution in [0.1, 0.15) is 23.4 Å². The minimum Gasteiger partial charge on any atom is -0.383 e. The van der Waals surface area contributed by atoms with Crippen molar-refractivity contribution in [3.8, 4) is 0 Å².